The van der Waals surface area contributed by atoms with Crippen molar-refractivity contribution in [3.63, 3.8) is 0 Å². The molecule has 26 heavy (non-hydrogen) atoms. The van der Waals surface area contributed by atoms with Gasteiger partial charge in [-0.3, -0.25) is 4.79 Å². The number of nitrogens with zero attached hydrogens (tertiary/aromatic N) is 1. The average Bonchev–Trinajstić information content (AvgIpc) is 3.06. The molecule has 1 amide bonds. The van der Waals surface area contributed by atoms with Gasteiger partial charge in [0.25, 0.3) is 5.91 Å². The molecule has 2 unspecified atom stereocenters. The van der Waals surface area contributed by atoms with Crippen LogP contribution in [-0.4, -0.2) is 76.4 Å². The number of carbonyl (C=O) groups is 2. The summed E-state index contributed by atoms with van der Waals surface area (Å²) in [6, 6.07) is 4.49. The van der Waals surface area contributed by atoms with Crippen molar-refractivity contribution in [3.05, 3.63) is 29.8 Å². The van der Waals surface area contributed by atoms with Gasteiger partial charge in [0.15, 0.2) is 0 Å². The second-order valence-electron chi connectivity index (χ2n) is 5.82. The predicted molar refractivity (Wildman–Crippen MR) is 91.4 cm³/mol. The van der Waals surface area contributed by atoms with Crippen molar-refractivity contribution < 1.29 is 32.6 Å². The second-order valence-corrected chi connectivity index (χ2v) is 7.59. The molecule has 2 N–H and O–H groups in total. The molecule has 0 aliphatic carbocycles. The van der Waals surface area contributed by atoms with Gasteiger partial charge in [0.05, 0.1) is 17.6 Å². The van der Waals surface area contributed by atoms with Gasteiger partial charge < -0.3 is 19.5 Å². The van der Waals surface area contributed by atoms with Crippen LogP contribution in [-0.2, 0) is 24.3 Å². The van der Waals surface area contributed by atoms with Gasteiger partial charge in [0, 0.05) is 39.3 Å². The summed E-state index contributed by atoms with van der Waals surface area (Å²) in [6.45, 7) is 0.444. The van der Waals surface area contributed by atoms with Crippen LogP contribution in [0.2, 0.25) is 0 Å². The fourth-order valence-corrected chi connectivity index (χ4v) is 3.81. The molecule has 1 heterocycles. The molecule has 0 bridgehead atoms. The normalized spacial score (nSPS) is 20.3. The van der Waals surface area contributed by atoms with E-state index in [0.29, 0.717) is 0 Å². The number of hydrogen-bond donors (Lipinski definition) is 2. The first-order valence-electron chi connectivity index (χ1n) is 7.95. The highest BCUT2D eigenvalue weighted by atomic mass is 32.2. The molecule has 0 aromatic heterocycles. The van der Waals surface area contributed by atoms with Gasteiger partial charge in [0.1, 0.15) is 6.04 Å². The van der Waals surface area contributed by atoms with Crippen LogP contribution in [0.5, 0.6) is 0 Å². The number of likely N-dealkylation sites (tertiary alicyclic amines) is 1. The molecular weight excluding hydrogens is 364 g/mol. The van der Waals surface area contributed by atoms with Crippen molar-refractivity contribution in [1.29, 1.82) is 0 Å². The first kappa shape index (κ1) is 20.3. The molecule has 0 spiro atoms. The van der Waals surface area contributed by atoms with Gasteiger partial charge in [0.2, 0.25) is 10.0 Å². The Morgan fingerprint density at radius 2 is 2.08 bits per heavy atom. The Hall–Kier alpha value is -2.01. The molecule has 1 aromatic rings. The van der Waals surface area contributed by atoms with Gasteiger partial charge in [-0.05, 0) is 18.2 Å². The van der Waals surface area contributed by atoms with Crippen molar-refractivity contribution >= 4 is 21.9 Å². The lowest BCUT2D eigenvalue weighted by Gasteiger charge is -2.21. The number of amides is 1. The summed E-state index contributed by atoms with van der Waals surface area (Å²) in [5, 5.41) is 9.33. The summed E-state index contributed by atoms with van der Waals surface area (Å²) in [6.07, 6.45) is -0.184. The molecule has 2 rings (SSSR count). The number of carboxylic acid groups (broad SMARTS) is 1. The number of rotatable bonds is 8. The number of methoxy groups -OCH3 is 2. The van der Waals surface area contributed by atoms with Crippen LogP contribution >= 0.6 is 0 Å². The largest absolute Gasteiger partial charge is 0.480 e. The molecule has 0 saturated carbocycles. The lowest BCUT2D eigenvalue weighted by molar-refractivity contribution is -0.141. The zero-order valence-corrected chi connectivity index (χ0v) is 15.4. The van der Waals surface area contributed by atoms with E-state index in [2.05, 4.69) is 4.72 Å². The number of sulfonamides is 1. The summed E-state index contributed by atoms with van der Waals surface area (Å²) in [5.74, 6) is -1.67. The highest BCUT2D eigenvalue weighted by Crippen LogP contribution is 2.23. The van der Waals surface area contributed by atoms with Crippen molar-refractivity contribution in [2.24, 2.45) is 0 Å². The molecule has 9 nitrogen and oxygen atoms in total. The van der Waals surface area contributed by atoms with E-state index in [9.17, 15) is 23.1 Å². The van der Waals surface area contributed by atoms with Gasteiger partial charge >= 0.3 is 5.97 Å². The smallest absolute Gasteiger partial charge is 0.326 e. The van der Waals surface area contributed by atoms with E-state index in [0.717, 1.165) is 0 Å². The maximum atomic E-state index is 12.7. The van der Waals surface area contributed by atoms with Crippen LogP contribution in [0.15, 0.2) is 29.2 Å². The van der Waals surface area contributed by atoms with Crippen LogP contribution in [0.25, 0.3) is 0 Å². The number of hydrogen-bond acceptors (Lipinski definition) is 6. The minimum absolute atomic E-state index is 0.0752. The second kappa shape index (κ2) is 8.58. The Kier molecular flexibility index (Phi) is 6.70. The quantitative estimate of drug-likeness (QED) is 0.600. The summed E-state index contributed by atoms with van der Waals surface area (Å²) in [7, 11) is -0.890. The fraction of sp³-hybridized carbons (Fsp3) is 0.500. The highest BCUT2D eigenvalue weighted by Gasteiger charge is 2.40. The zero-order chi connectivity index (χ0) is 19.3. The van der Waals surface area contributed by atoms with Crippen LogP contribution < -0.4 is 4.72 Å². The topological polar surface area (TPSA) is 122 Å². The van der Waals surface area contributed by atoms with Crippen molar-refractivity contribution in [3.8, 4) is 0 Å². The molecule has 10 heteroatoms. The molecule has 1 aliphatic heterocycles. The predicted octanol–water partition coefficient (Wildman–Crippen LogP) is -0.0746. The highest BCUT2D eigenvalue weighted by molar-refractivity contribution is 7.89. The maximum Gasteiger partial charge on any atom is 0.326 e. The Bertz CT molecular complexity index is 766. The Morgan fingerprint density at radius 1 is 1.35 bits per heavy atom. The Balaban J connectivity index is 2.23. The Morgan fingerprint density at radius 3 is 2.69 bits per heavy atom. The van der Waals surface area contributed by atoms with E-state index >= 15 is 0 Å². The maximum absolute atomic E-state index is 12.7. The lowest BCUT2D eigenvalue weighted by atomic mass is 10.1. The van der Waals surface area contributed by atoms with Crippen molar-refractivity contribution in [2.45, 2.75) is 23.5 Å². The fourth-order valence-electron chi connectivity index (χ4n) is 2.75. The van der Waals surface area contributed by atoms with E-state index in [1.807, 2.05) is 0 Å². The molecular formula is C16H22N2O7S. The number of aliphatic carboxylic acids is 1. The van der Waals surface area contributed by atoms with Crippen LogP contribution in [0.1, 0.15) is 16.8 Å². The van der Waals surface area contributed by atoms with Gasteiger partial charge in [-0.25, -0.2) is 17.9 Å². The van der Waals surface area contributed by atoms with Gasteiger partial charge in [-0.15, -0.1) is 0 Å². The first-order valence-corrected chi connectivity index (χ1v) is 9.43. The SMILES string of the molecule is COCCNS(=O)(=O)c1cccc(C(=O)N2CC(OC)CC2C(=O)O)c1. The molecule has 144 valence electrons. The third-order valence-electron chi connectivity index (χ3n) is 4.13. The zero-order valence-electron chi connectivity index (χ0n) is 14.5. The van der Waals surface area contributed by atoms with Crippen LogP contribution in [0, 0.1) is 0 Å². The van der Waals surface area contributed by atoms with Crippen LogP contribution in [0.4, 0.5) is 0 Å². The average molecular weight is 386 g/mol. The van der Waals surface area contributed by atoms with Gasteiger partial charge in [-0.2, -0.15) is 0 Å². The molecule has 0 radical (unpaired) electrons. The van der Waals surface area contributed by atoms with Crippen molar-refractivity contribution in [1.82, 2.24) is 9.62 Å². The van der Waals surface area contributed by atoms with Gasteiger partial charge in [-0.1, -0.05) is 6.07 Å². The van der Waals surface area contributed by atoms with E-state index in [-0.39, 0.29) is 42.7 Å². The minimum Gasteiger partial charge on any atom is -0.480 e. The molecule has 1 aliphatic rings. The summed E-state index contributed by atoms with van der Waals surface area (Å²) < 4.78 is 36.9. The number of nitrogens with one attached hydrogen (secondary N) is 1. The van der Waals surface area contributed by atoms with E-state index in [1.165, 1.54) is 43.4 Å². The number of benzene rings is 1. The standard InChI is InChI=1S/C16H22N2O7S/c1-24-7-6-17-26(22,23)13-5-3-4-11(8-13)15(19)18-10-12(25-2)9-14(18)16(20)21/h3-5,8,12,14,17H,6-7,9-10H2,1-2H3,(H,20,21). The van der Waals surface area contributed by atoms with Crippen molar-refractivity contribution in [2.75, 3.05) is 33.9 Å². The number of carboxylic acids is 1. The number of ether oxygens (including phenoxy) is 2. The molecule has 1 saturated heterocycles. The molecule has 1 fully saturated rings. The lowest BCUT2D eigenvalue weighted by Crippen LogP contribution is -2.40. The summed E-state index contributed by atoms with van der Waals surface area (Å²) in [5.41, 5.74) is 0.0996. The van der Waals surface area contributed by atoms with Crippen LogP contribution in [0.3, 0.4) is 0 Å². The minimum atomic E-state index is -3.80. The summed E-state index contributed by atoms with van der Waals surface area (Å²) >= 11 is 0. The third-order valence-corrected chi connectivity index (χ3v) is 5.59. The molecule has 1 aromatic carbocycles. The monoisotopic (exact) mass is 386 g/mol. The van der Waals surface area contributed by atoms with E-state index < -0.39 is 27.9 Å². The van der Waals surface area contributed by atoms with E-state index in [1.54, 1.807) is 0 Å². The van der Waals surface area contributed by atoms with E-state index in [4.69, 9.17) is 9.47 Å². The third kappa shape index (κ3) is 4.58. The summed E-state index contributed by atoms with van der Waals surface area (Å²) in [4.78, 5) is 25.3. The molecule has 2 atom stereocenters. The first-order chi connectivity index (χ1) is 12.3. The number of carbonyl (C=O) groups excluding carboxylic acids is 1. The Labute approximate surface area is 151 Å².